The first-order valence-corrected chi connectivity index (χ1v) is 11.8. The molecule has 0 radical (unpaired) electrons. The second kappa shape index (κ2) is 6.21. The van der Waals surface area contributed by atoms with E-state index in [-0.39, 0.29) is 5.60 Å². The van der Waals surface area contributed by atoms with E-state index in [0.29, 0.717) is 23.9 Å². The molecule has 0 aromatic carbocycles. The lowest BCUT2D eigenvalue weighted by atomic mass is 9.48. The van der Waals surface area contributed by atoms with Crippen molar-refractivity contribution in [2.45, 2.75) is 90.1 Å². The van der Waals surface area contributed by atoms with Gasteiger partial charge in [0.1, 0.15) is 0 Å². The summed E-state index contributed by atoms with van der Waals surface area (Å²) in [4.78, 5) is 0. The van der Waals surface area contributed by atoms with Crippen LogP contribution in [0.15, 0.2) is 0 Å². The Kier molecular flexibility index (Phi) is 4.29. The highest BCUT2D eigenvalue weighted by atomic mass is 16.3. The fraction of sp³-hybridized carbons (Fsp3) is 1.00. The SMILES string of the molecule is CC(CO)[C@H]1CC[C@H]2[C@@H]3CC[C@@H]4C[C@@](O)(C5CC5)CC[C@@H]4[C@H]3CC[C@]12C. The molecule has 5 fully saturated rings. The van der Waals surface area contributed by atoms with Gasteiger partial charge in [0, 0.05) is 6.61 Å². The Balaban J connectivity index is 1.33. The zero-order valence-corrected chi connectivity index (χ0v) is 17.0. The number of hydrogen-bond acceptors (Lipinski definition) is 2. The molecule has 9 atom stereocenters. The summed E-state index contributed by atoms with van der Waals surface area (Å²) in [5, 5.41) is 20.9. The second-order valence-corrected chi connectivity index (χ2v) is 11.4. The zero-order chi connectivity index (χ0) is 18.1. The van der Waals surface area contributed by atoms with E-state index in [2.05, 4.69) is 13.8 Å². The molecule has 2 heteroatoms. The van der Waals surface area contributed by atoms with E-state index < -0.39 is 0 Å². The largest absolute Gasteiger partial charge is 0.396 e. The van der Waals surface area contributed by atoms with Crippen LogP contribution in [0.3, 0.4) is 0 Å². The molecule has 2 nitrogen and oxygen atoms in total. The third-order valence-electron chi connectivity index (χ3n) is 10.4. The van der Waals surface area contributed by atoms with E-state index in [4.69, 9.17) is 0 Å². The molecule has 26 heavy (non-hydrogen) atoms. The summed E-state index contributed by atoms with van der Waals surface area (Å²) in [5.74, 6) is 6.37. The molecule has 0 spiro atoms. The number of rotatable bonds is 3. The van der Waals surface area contributed by atoms with E-state index in [1.807, 2.05) is 0 Å². The monoisotopic (exact) mass is 360 g/mol. The van der Waals surface area contributed by atoms with Crippen LogP contribution >= 0.6 is 0 Å². The van der Waals surface area contributed by atoms with Crippen molar-refractivity contribution in [2.24, 2.45) is 52.8 Å². The first kappa shape index (κ1) is 18.0. The molecule has 2 N–H and O–H groups in total. The van der Waals surface area contributed by atoms with Crippen molar-refractivity contribution in [1.29, 1.82) is 0 Å². The summed E-state index contributed by atoms with van der Waals surface area (Å²) in [7, 11) is 0. The minimum atomic E-state index is -0.286. The maximum Gasteiger partial charge on any atom is 0.0678 e. The molecule has 0 bridgehead atoms. The number of aliphatic hydroxyl groups is 2. The first-order chi connectivity index (χ1) is 12.5. The Hall–Kier alpha value is -0.0800. The molecule has 5 rings (SSSR count). The van der Waals surface area contributed by atoms with Crippen molar-refractivity contribution < 1.29 is 10.2 Å². The van der Waals surface area contributed by atoms with Gasteiger partial charge in [0.2, 0.25) is 0 Å². The number of hydrogen-bond donors (Lipinski definition) is 2. The molecular formula is C24H40O2. The van der Waals surface area contributed by atoms with Crippen LogP contribution in [0, 0.1) is 52.8 Å². The molecular weight excluding hydrogens is 320 g/mol. The van der Waals surface area contributed by atoms with Gasteiger partial charge in [-0.25, -0.2) is 0 Å². The number of fused-ring (bicyclic) bond motifs is 5. The third kappa shape index (κ3) is 2.57. The molecule has 5 aliphatic rings. The normalized spacial score (nSPS) is 54.9. The molecule has 0 amide bonds. The quantitative estimate of drug-likeness (QED) is 0.741. The summed E-state index contributed by atoms with van der Waals surface area (Å²) in [5.41, 5.74) is 0.200. The average molecular weight is 361 g/mol. The lowest BCUT2D eigenvalue weighted by Crippen LogP contribution is -2.51. The van der Waals surface area contributed by atoms with Crippen molar-refractivity contribution >= 4 is 0 Å². The second-order valence-electron chi connectivity index (χ2n) is 11.4. The molecule has 5 aliphatic carbocycles. The predicted octanol–water partition coefficient (Wildman–Crippen LogP) is 5.02. The van der Waals surface area contributed by atoms with E-state index in [1.54, 1.807) is 0 Å². The van der Waals surface area contributed by atoms with Gasteiger partial charge in [-0.15, -0.1) is 0 Å². The Morgan fingerprint density at radius 3 is 2.38 bits per heavy atom. The summed E-state index contributed by atoms with van der Waals surface area (Å²) in [6.45, 7) is 5.23. The molecule has 0 aromatic heterocycles. The Morgan fingerprint density at radius 2 is 1.65 bits per heavy atom. The minimum Gasteiger partial charge on any atom is -0.396 e. The van der Waals surface area contributed by atoms with Gasteiger partial charge in [-0.2, -0.15) is 0 Å². The number of aliphatic hydroxyl groups excluding tert-OH is 1. The van der Waals surface area contributed by atoms with Crippen LogP contribution in [0.1, 0.15) is 84.5 Å². The van der Waals surface area contributed by atoms with Crippen molar-refractivity contribution in [2.75, 3.05) is 6.61 Å². The lowest BCUT2D eigenvalue weighted by molar-refractivity contribution is -0.115. The lowest BCUT2D eigenvalue weighted by Gasteiger charge is -2.57. The van der Waals surface area contributed by atoms with Crippen molar-refractivity contribution in [3.63, 3.8) is 0 Å². The summed E-state index contributed by atoms with van der Waals surface area (Å²) >= 11 is 0. The fourth-order valence-electron chi connectivity index (χ4n) is 9.00. The Bertz CT molecular complexity index is 542. The van der Waals surface area contributed by atoms with Crippen LogP contribution in [-0.4, -0.2) is 22.4 Å². The molecule has 0 heterocycles. The van der Waals surface area contributed by atoms with Crippen LogP contribution in [0.4, 0.5) is 0 Å². The zero-order valence-electron chi connectivity index (χ0n) is 17.0. The highest BCUT2D eigenvalue weighted by Gasteiger charge is 2.59. The van der Waals surface area contributed by atoms with E-state index in [0.717, 1.165) is 48.3 Å². The molecule has 148 valence electrons. The predicted molar refractivity (Wildman–Crippen MR) is 105 cm³/mol. The third-order valence-corrected chi connectivity index (χ3v) is 10.4. The van der Waals surface area contributed by atoms with Gasteiger partial charge in [-0.3, -0.25) is 0 Å². The van der Waals surface area contributed by atoms with E-state index in [9.17, 15) is 10.2 Å². The van der Waals surface area contributed by atoms with Crippen LogP contribution in [0.2, 0.25) is 0 Å². The summed E-state index contributed by atoms with van der Waals surface area (Å²) < 4.78 is 0. The first-order valence-electron chi connectivity index (χ1n) is 11.8. The van der Waals surface area contributed by atoms with Crippen LogP contribution in [-0.2, 0) is 0 Å². The van der Waals surface area contributed by atoms with E-state index >= 15 is 0 Å². The fourth-order valence-corrected chi connectivity index (χ4v) is 9.00. The highest BCUT2D eigenvalue weighted by Crippen LogP contribution is 2.66. The van der Waals surface area contributed by atoms with Gasteiger partial charge >= 0.3 is 0 Å². The molecule has 0 saturated heterocycles. The van der Waals surface area contributed by atoms with Gasteiger partial charge in [0.25, 0.3) is 0 Å². The average Bonchev–Trinajstić information content (AvgIpc) is 3.43. The van der Waals surface area contributed by atoms with Crippen molar-refractivity contribution in [1.82, 2.24) is 0 Å². The Morgan fingerprint density at radius 1 is 0.885 bits per heavy atom. The van der Waals surface area contributed by atoms with Gasteiger partial charge in [0.15, 0.2) is 0 Å². The smallest absolute Gasteiger partial charge is 0.0678 e. The minimum absolute atomic E-state index is 0.286. The Labute approximate surface area is 160 Å². The molecule has 0 aromatic rings. The standard InChI is InChI=1S/C24H40O2/c1-15(14-25)21-7-8-22-20-6-3-16-13-24(26,17-4-5-17)12-10-18(16)19(20)9-11-23(21,22)2/h15-22,25-26H,3-14H2,1-2H3/t15?,16-,18+,19-,20-,21-,22+,23-,24-/m1/s1. The molecule has 5 saturated carbocycles. The van der Waals surface area contributed by atoms with E-state index in [1.165, 1.54) is 57.8 Å². The molecule has 1 unspecified atom stereocenters. The van der Waals surface area contributed by atoms with Crippen LogP contribution in [0.5, 0.6) is 0 Å². The van der Waals surface area contributed by atoms with Crippen molar-refractivity contribution in [3.05, 3.63) is 0 Å². The van der Waals surface area contributed by atoms with Crippen molar-refractivity contribution in [3.8, 4) is 0 Å². The highest BCUT2D eigenvalue weighted by molar-refractivity contribution is 5.09. The topological polar surface area (TPSA) is 40.5 Å². The maximum absolute atomic E-state index is 11.1. The summed E-state index contributed by atoms with van der Waals surface area (Å²) in [6.07, 6.45) is 14.5. The van der Waals surface area contributed by atoms with Gasteiger partial charge in [-0.1, -0.05) is 13.8 Å². The maximum atomic E-state index is 11.1. The van der Waals surface area contributed by atoms with Crippen LogP contribution in [0.25, 0.3) is 0 Å². The van der Waals surface area contributed by atoms with Gasteiger partial charge in [-0.05, 0) is 123 Å². The molecule has 0 aliphatic heterocycles. The van der Waals surface area contributed by atoms with Gasteiger partial charge in [0.05, 0.1) is 5.60 Å². The summed E-state index contributed by atoms with van der Waals surface area (Å²) in [6, 6.07) is 0. The van der Waals surface area contributed by atoms with Crippen LogP contribution < -0.4 is 0 Å². The van der Waals surface area contributed by atoms with Gasteiger partial charge < -0.3 is 10.2 Å².